The van der Waals surface area contributed by atoms with Gasteiger partial charge >= 0.3 is 0 Å². The molecule has 0 aliphatic carbocycles. The number of nitrogens with one attached hydrogen (secondary N) is 1. The van der Waals surface area contributed by atoms with E-state index in [2.05, 4.69) is 11.9 Å². The first-order chi connectivity index (χ1) is 9.99. The fourth-order valence-corrected chi connectivity index (χ4v) is 3.84. The Labute approximate surface area is 131 Å². The van der Waals surface area contributed by atoms with E-state index in [1.165, 1.54) is 5.56 Å². The molecule has 4 rings (SSSR count). The number of aromatic amines is 1. The maximum atomic E-state index is 10.3. The van der Waals surface area contributed by atoms with Crippen LogP contribution < -0.4 is 0 Å². The van der Waals surface area contributed by atoms with Gasteiger partial charge in [0.2, 0.25) is 5.88 Å². The number of fused-ring (bicyclic) bond motifs is 4. The highest BCUT2D eigenvalue weighted by molar-refractivity contribution is 7.71. The Kier molecular flexibility index (Phi) is 2.56. The number of benzene rings is 1. The molecule has 1 aliphatic rings. The Bertz CT molecular complexity index is 950. The predicted octanol–water partition coefficient (Wildman–Crippen LogP) is 3.91. The first kappa shape index (κ1) is 13.0. The fraction of sp³-hybridized carbons (Fsp3) is 0.267. The van der Waals surface area contributed by atoms with Crippen LogP contribution in [-0.2, 0) is 13.5 Å². The van der Waals surface area contributed by atoms with Crippen LogP contribution >= 0.6 is 23.8 Å². The molecule has 3 aromatic rings. The van der Waals surface area contributed by atoms with E-state index in [1.54, 1.807) is 11.6 Å². The summed E-state index contributed by atoms with van der Waals surface area (Å²) in [5.74, 6) is 0.244. The van der Waals surface area contributed by atoms with Crippen LogP contribution in [0.1, 0.15) is 29.9 Å². The van der Waals surface area contributed by atoms with Crippen LogP contribution in [0.5, 0.6) is 5.88 Å². The van der Waals surface area contributed by atoms with Gasteiger partial charge < -0.3 is 14.7 Å². The normalized spacial score (nSPS) is 17.0. The summed E-state index contributed by atoms with van der Waals surface area (Å²) in [5.41, 5.74) is 4.26. The lowest BCUT2D eigenvalue weighted by molar-refractivity contribution is 0.423. The van der Waals surface area contributed by atoms with Crippen molar-refractivity contribution in [1.82, 2.24) is 14.1 Å². The summed E-state index contributed by atoms with van der Waals surface area (Å²) < 4.78 is 4.31. The number of H-pyrrole nitrogens is 1. The van der Waals surface area contributed by atoms with Crippen molar-refractivity contribution < 1.29 is 5.11 Å². The van der Waals surface area contributed by atoms with Crippen molar-refractivity contribution in [3.05, 3.63) is 44.9 Å². The standard InChI is InChI=1S/C15H14ClN3OS/c1-7-13-10(9-5-8(16)3-4-11(9)17-13)6-12-14(20)18(2)15(21)19(7)12/h3-5,7,17,20H,6H2,1-2H3/t7-/m0/s1. The summed E-state index contributed by atoms with van der Waals surface area (Å²) in [7, 11) is 1.79. The third-order valence-corrected chi connectivity index (χ3v) is 5.12. The van der Waals surface area contributed by atoms with E-state index >= 15 is 0 Å². The Balaban J connectivity index is 2.05. The zero-order chi connectivity index (χ0) is 14.9. The van der Waals surface area contributed by atoms with Crippen molar-refractivity contribution in [3.8, 4) is 5.88 Å². The van der Waals surface area contributed by atoms with Crippen molar-refractivity contribution in [2.24, 2.45) is 7.05 Å². The van der Waals surface area contributed by atoms with Crippen LogP contribution in [0.25, 0.3) is 10.9 Å². The third kappa shape index (κ3) is 1.59. The van der Waals surface area contributed by atoms with Crippen LogP contribution in [0.3, 0.4) is 0 Å². The molecule has 3 heterocycles. The lowest BCUT2D eigenvalue weighted by Crippen LogP contribution is -2.18. The maximum Gasteiger partial charge on any atom is 0.213 e. The average molecular weight is 320 g/mol. The minimum Gasteiger partial charge on any atom is -0.493 e. The van der Waals surface area contributed by atoms with Gasteiger partial charge in [-0.1, -0.05) is 11.6 Å². The molecule has 1 atom stereocenters. The zero-order valence-electron chi connectivity index (χ0n) is 11.6. The number of rotatable bonds is 0. The molecule has 6 heteroatoms. The van der Waals surface area contributed by atoms with E-state index < -0.39 is 0 Å². The molecule has 0 fully saturated rings. The van der Waals surface area contributed by atoms with Crippen molar-refractivity contribution in [2.75, 3.05) is 0 Å². The number of halogens is 1. The fourth-order valence-electron chi connectivity index (χ4n) is 3.32. The van der Waals surface area contributed by atoms with Crippen LogP contribution in [0.4, 0.5) is 0 Å². The van der Waals surface area contributed by atoms with Gasteiger partial charge in [0.15, 0.2) is 4.77 Å². The van der Waals surface area contributed by atoms with Gasteiger partial charge in [-0.3, -0.25) is 4.57 Å². The molecule has 2 N–H and O–H groups in total. The summed E-state index contributed by atoms with van der Waals surface area (Å²) in [4.78, 5) is 3.47. The quantitative estimate of drug-likeness (QED) is 0.617. The van der Waals surface area contributed by atoms with Gasteiger partial charge in [0.05, 0.1) is 11.7 Å². The largest absolute Gasteiger partial charge is 0.493 e. The van der Waals surface area contributed by atoms with Crippen molar-refractivity contribution in [3.63, 3.8) is 0 Å². The van der Waals surface area contributed by atoms with E-state index in [9.17, 15) is 5.11 Å². The van der Waals surface area contributed by atoms with Gasteiger partial charge in [-0.2, -0.15) is 0 Å². The minimum atomic E-state index is 0.0644. The molecule has 0 saturated heterocycles. The summed E-state index contributed by atoms with van der Waals surface area (Å²) in [6.07, 6.45) is 0.649. The van der Waals surface area contributed by atoms with E-state index in [0.29, 0.717) is 11.2 Å². The van der Waals surface area contributed by atoms with Crippen LogP contribution in [-0.4, -0.2) is 19.2 Å². The summed E-state index contributed by atoms with van der Waals surface area (Å²) in [6.45, 7) is 2.09. The number of hydrogen-bond acceptors (Lipinski definition) is 2. The number of nitrogens with zero attached hydrogens (tertiary/aromatic N) is 2. The zero-order valence-corrected chi connectivity index (χ0v) is 13.2. The van der Waals surface area contributed by atoms with Crippen LogP contribution in [0.2, 0.25) is 5.02 Å². The molecule has 0 bridgehead atoms. The number of imidazole rings is 1. The second kappa shape index (κ2) is 4.15. The van der Waals surface area contributed by atoms with Gasteiger partial charge in [-0.05, 0) is 42.9 Å². The molecule has 21 heavy (non-hydrogen) atoms. The van der Waals surface area contributed by atoms with Crippen molar-refractivity contribution >= 4 is 34.7 Å². The van der Waals surface area contributed by atoms with E-state index in [-0.39, 0.29) is 11.9 Å². The molecule has 0 spiro atoms. The average Bonchev–Trinajstić information content (AvgIpc) is 2.92. The highest BCUT2D eigenvalue weighted by Crippen LogP contribution is 2.39. The molecule has 1 aromatic carbocycles. The first-order valence-electron chi connectivity index (χ1n) is 6.78. The topological polar surface area (TPSA) is 45.9 Å². The van der Waals surface area contributed by atoms with Crippen LogP contribution in [0, 0.1) is 4.77 Å². The minimum absolute atomic E-state index is 0.0644. The van der Waals surface area contributed by atoms with Gasteiger partial charge in [0, 0.05) is 35.1 Å². The monoisotopic (exact) mass is 319 g/mol. The Hall–Kier alpha value is -1.72. The molecule has 0 amide bonds. The van der Waals surface area contributed by atoms with Crippen molar-refractivity contribution in [2.45, 2.75) is 19.4 Å². The van der Waals surface area contributed by atoms with Gasteiger partial charge in [0.1, 0.15) is 0 Å². The van der Waals surface area contributed by atoms with E-state index in [0.717, 1.165) is 27.3 Å². The summed E-state index contributed by atoms with van der Waals surface area (Å²) >= 11 is 11.6. The van der Waals surface area contributed by atoms with Crippen molar-refractivity contribution in [1.29, 1.82) is 0 Å². The lowest BCUT2D eigenvalue weighted by atomic mass is 9.98. The van der Waals surface area contributed by atoms with E-state index in [1.807, 2.05) is 22.8 Å². The molecule has 108 valence electrons. The smallest absolute Gasteiger partial charge is 0.213 e. The summed E-state index contributed by atoms with van der Waals surface area (Å²) in [6, 6.07) is 5.91. The SMILES string of the molecule is C[C@H]1c2[nH]c3ccc(Cl)cc3c2Cc2c(O)n(C)c(=S)n21. The van der Waals surface area contributed by atoms with Gasteiger partial charge in [-0.25, -0.2) is 0 Å². The molecule has 0 radical (unpaired) electrons. The van der Waals surface area contributed by atoms with E-state index in [4.69, 9.17) is 23.8 Å². The second-order valence-corrected chi connectivity index (χ2v) is 6.34. The Morgan fingerprint density at radius 3 is 2.95 bits per heavy atom. The molecule has 0 unspecified atom stereocenters. The molecule has 2 aromatic heterocycles. The highest BCUT2D eigenvalue weighted by Gasteiger charge is 2.30. The number of hydrogen-bond donors (Lipinski definition) is 2. The maximum absolute atomic E-state index is 10.3. The second-order valence-electron chi connectivity index (χ2n) is 5.54. The Morgan fingerprint density at radius 1 is 1.43 bits per heavy atom. The summed E-state index contributed by atoms with van der Waals surface area (Å²) in [5, 5.41) is 12.1. The van der Waals surface area contributed by atoms with Crippen LogP contribution in [0.15, 0.2) is 18.2 Å². The predicted molar refractivity (Wildman–Crippen MR) is 85.8 cm³/mol. The molecular formula is C15H14ClN3OS. The Morgan fingerprint density at radius 2 is 2.19 bits per heavy atom. The molecule has 0 saturated carbocycles. The van der Waals surface area contributed by atoms with Gasteiger partial charge in [-0.15, -0.1) is 0 Å². The number of aromatic nitrogens is 3. The third-order valence-electron chi connectivity index (χ3n) is 4.41. The molecule has 1 aliphatic heterocycles. The first-order valence-corrected chi connectivity index (χ1v) is 7.56. The molecular weight excluding hydrogens is 306 g/mol. The van der Waals surface area contributed by atoms with Gasteiger partial charge in [0.25, 0.3) is 0 Å². The highest BCUT2D eigenvalue weighted by atomic mass is 35.5. The molecule has 4 nitrogen and oxygen atoms in total. The number of aromatic hydroxyl groups is 1. The lowest BCUT2D eigenvalue weighted by Gasteiger charge is -2.22.